The molecule has 0 saturated carbocycles. The minimum absolute atomic E-state index is 0.0353. The summed E-state index contributed by atoms with van der Waals surface area (Å²) in [6, 6.07) is 0. The van der Waals surface area contributed by atoms with Crippen LogP contribution < -0.4 is 5.32 Å². The Balaban J connectivity index is 2.15. The highest BCUT2D eigenvalue weighted by Crippen LogP contribution is 2.11. The average molecular weight is 262 g/mol. The Morgan fingerprint density at radius 2 is 2.18 bits per heavy atom. The number of rotatable bonds is 8. The molecule has 1 aromatic rings. The van der Waals surface area contributed by atoms with E-state index in [0.29, 0.717) is 13.2 Å². The van der Waals surface area contributed by atoms with Crippen LogP contribution in [0.2, 0.25) is 5.28 Å². The van der Waals surface area contributed by atoms with Crippen molar-refractivity contribution in [1.29, 1.82) is 0 Å². The zero-order chi connectivity index (χ0) is 12.5. The van der Waals surface area contributed by atoms with E-state index in [1.54, 1.807) is 0 Å². The maximum absolute atomic E-state index is 13.2. The minimum atomic E-state index is -0.499. The van der Waals surface area contributed by atoms with Crippen LogP contribution in [0.25, 0.3) is 0 Å². The Morgan fingerprint density at radius 3 is 2.94 bits per heavy atom. The fraction of sp³-hybridized carbons (Fsp3) is 0.636. The van der Waals surface area contributed by atoms with Crippen molar-refractivity contribution in [3.05, 3.63) is 17.3 Å². The fourth-order valence-electron chi connectivity index (χ4n) is 1.20. The Kier molecular flexibility index (Phi) is 6.81. The van der Waals surface area contributed by atoms with Crippen LogP contribution in [0.3, 0.4) is 0 Å². The molecule has 96 valence electrons. The third kappa shape index (κ3) is 5.79. The van der Waals surface area contributed by atoms with Crippen molar-refractivity contribution in [1.82, 2.24) is 9.97 Å². The summed E-state index contributed by atoms with van der Waals surface area (Å²) in [7, 11) is 0. The van der Waals surface area contributed by atoms with Gasteiger partial charge in [0.2, 0.25) is 5.28 Å². The summed E-state index contributed by atoms with van der Waals surface area (Å²) >= 11 is 5.56. The molecule has 0 aliphatic carbocycles. The molecule has 0 aromatic carbocycles. The van der Waals surface area contributed by atoms with Gasteiger partial charge in [-0.2, -0.15) is 4.98 Å². The molecule has 1 heterocycles. The van der Waals surface area contributed by atoms with Crippen LogP contribution in [-0.2, 0) is 4.74 Å². The van der Waals surface area contributed by atoms with Crippen LogP contribution in [-0.4, -0.2) is 29.7 Å². The van der Waals surface area contributed by atoms with Crippen LogP contribution >= 0.6 is 11.6 Å². The van der Waals surface area contributed by atoms with Gasteiger partial charge < -0.3 is 10.1 Å². The van der Waals surface area contributed by atoms with Gasteiger partial charge in [0.25, 0.3) is 0 Å². The molecule has 4 nitrogen and oxygen atoms in total. The molecule has 0 amide bonds. The number of halogens is 2. The quantitative estimate of drug-likeness (QED) is 0.577. The van der Waals surface area contributed by atoms with Crippen molar-refractivity contribution in [3.8, 4) is 0 Å². The van der Waals surface area contributed by atoms with E-state index in [2.05, 4.69) is 22.2 Å². The molecule has 1 N–H and O–H groups in total. The van der Waals surface area contributed by atoms with Crippen LogP contribution in [0, 0.1) is 5.82 Å². The van der Waals surface area contributed by atoms with Gasteiger partial charge >= 0.3 is 0 Å². The highest BCUT2D eigenvalue weighted by Gasteiger charge is 2.04. The van der Waals surface area contributed by atoms with Gasteiger partial charge in [0, 0.05) is 19.8 Å². The van der Waals surface area contributed by atoms with E-state index >= 15 is 0 Å². The van der Waals surface area contributed by atoms with E-state index in [9.17, 15) is 4.39 Å². The maximum Gasteiger partial charge on any atom is 0.224 e. The van der Waals surface area contributed by atoms with E-state index in [1.165, 1.54) is 0 Å². The van der Waals surface area contributed by atoms with Crippen molar-refractivity contribution in [2.45, 2.75) is 26.2 Å². The number of hydrogen-bond donors (Lipinski definition) is 1. The zero-order valence-electron chi connectivity index (χ0n) is 9.88. The summed E-state index contributed by atoms with van der Waals surface area (Å²) in [5.74, 6) is -0.361. The highest BCUT2D eigenvalue weighted by molar-refractivity contribution is 6.28. The monoisotopic (exact) mass is 261 g/mol. The first-order valence-corrected chi connectivity index (χ1v) is 6.11. The number of aromatic nitrogens is 2. The van der Waals surface area contributed by atoms with Crippen molar-refractivity contribution in [2.24, 2.45) is 0 Å². The Labute approximate surface area is 106 Å². The molecule has 17 heavy (non-hydrogen) atoms. The van der Waals surface area contributed by atoms with Crippen molar-refractivity contribution in [3.63, 3.8) is 0 Å². The smallest absolute Gasteiger partial charge is 0.224 e. The van der Waals surface area contributed by atoms with Gasteiger partial charge in [-0.15, -0.1) is 0 Å². The van der Waals surface area contributed by atoms with E-state index in [4.69, 9.17) is 16.3 Å². The Morgan fingerprint density at radius 1 is 1.41 bits per heavy atom. The predicted octanol–water partition coefficient (Wildman–Crippen LogP) is 2.89. The van der Waals surface area contributed by atoms with Crippen molar-refractivity contribution >= 4 is 17.4 Å². The lowest BCUT2D eigenvalue weighted by molar-refractivity contribution is 0.131. The summed E-state index contributed by atoms with van der Waals surface area (Å²) < 4.78 is 18.5. The van der Waals surface area contributed by atoms with Gasteiger partial charge in [-0.1, -0.05) is 13.3 Å². The molecule has 1 rings (SSSR count). The molecule has 0 spiro atoms. The van der Waals surface area contributed by atoms with Crippen LogP contribution in [0.5, 0.6) is 0 Å². The fourth-order valence-corrected chi connectivity index (χ4v) is 1.33. The standard InChI is InChI=1S/C11H17ClFN3O/c1-2-3-6-17-7-4-5-14-10-9(13)8-15-11(12)16-10/h8H,2-7H2,1H3,(H,14,15,16). The molecular formula is C11H17ClFN3O. The molecule has 0 aliphatic heterocycles. The second kappa shape index (κ2) is 8.20. The number of unbranched alkanes of at least 4 members (excludes halogenated alkanes) is 1. The Bertz CT molecular complexity index is 338. The first kappa shape index (κ1) is 14.1. The topological polar surface area (TPSA) is 47.0 Å². The van der Waals surface area contributed by atoms with Crippen LogP contribution in [0.15, 0.2) is 6.20 Å². The molecule has 1 aromatic heterocycles. The summed E-state index contributed by atoms with van der Waals surface area (Å²) in [5.41, 5.74) is 0. The maximum atomic E-state index is 13.2. The summed E-state index contributed by atoms with van der Waals surface area (Å²) in [5, 5.41) is 2.89. The van der Waals surface area contributed by atoms with Gasteiger partial charge in [-0.05, 0) is 24.4 Å². The molecule has 6 heteroatoms. The number of ether oxygens (including phenoxy) is 1. The number of hydrogen-bond acceptors (Lipinski definition) is 4. The lowest BCUT2D eigenvalue weighted by Gasteiger charge is -2.06. The molecule has 0 aliphatic rings. The molecule has 0 atom stereocenters. The number of anilines is 1. The Hall–Kier alpha value is -0.940. The zero-order valence-corrected chi connectivity index (χ0v) is 10.6. The van der Waals surface area contributed by atoms with Gasteiger partial charge in [0.15, 0.2) is 11.6 Å². The molecule has 0 unspecified atom stereocenters. The molecule has 0 radical (unpaired) electrons. The molecule has 0 saturated heterocycles. The number of nitrogens with one attached hydrogen (secondary N) is 1. The molecule has 0 fully saturated rings. The highest BCUT2D eigenvalue weighted by atomic mass is 35.5. The van der Waals surface area contributed by atoms with E-state index in [0.717, 1.165) is 32.1 Å². The lowest BCUT2D eigenvalue weighted by atomic mass is 10.3. The second-order valence-corrected chi connectivity index (χ2v) is 3.92. The normalized spacial score (nSPS) is 10.5. The lowest BCUT2D eigenvalue weighted by Crippen LogP contribution is -2.09. The third-order valence-corrected chi connectivity index (χ3v) is 2.30. The summed E-state index contributed by atoms with van der Waals surface area (Å²) in [6.45, 7) is 4.15. The van der Waals surface area contributed by atoms with Gasteiger partial charge in [-0.3, -0.25) is 0 Å². The summed E-state index contributed by atoms with van der Waals surface area (Å²) in [4.78, 5) is 7.28. The van der Waals surface area contributed by atoms with Gasteiger partial charge in [-0.25, -0.2) is 9.37 Å². The first-order chi connectivity index (χ1) is 8.24. The predicted molar refractivity (Wildman–Crippen MR) is 65.8 cm³/mol. The summed E-state index contributed by atoms with van der Waals surface area (Å²) in [6.07, 6.45) is 4.05. The molecule has 0 bridgehead atoms. The SMILES string of the molecule is CCCCOCCCNc1nc(Cl)ncc1F. The van der Waals surface area contributed by atoms with E-state index in [-0.39, 0.29) is 11.1 Å². The van der Waals surface area contributed by atoms with Gasteiger partial charge in [0.05, 0.1) is 6.20 Å². The van der Waals surface area contributed by atoms with Crippen molar-refractivity contribution in [2.75, 3.05) is 25.1 Å². The van der Waals surface area contributed by atoms with Crippen molar-refractivity contribution < 1.29 is 9.13 Å². The largest absolute Gasteiger partial charge is 0.381 e. The average Bonchev–Trinajstić information content (AvgIpc) is 2.32. The van der Waals surface area contributed by atoms with E-state index < -0.39 is 5.82 Å². The second-order valence-electron chi connectivity index (χ2n) is 3.58. The number of nitrogens with zero attached hydrogens (tertiary/aromatic N) is 2. The molecular weight excluding hydrogens is 245 g/mol. The minimum Gasteiger partial charge on any atom is -0.381 e. The van der Waals surface area contributed by atoms with Crippen LogP contribution in [0.4, 0.5) is 10.2 Å². The van der Waals surface area contributed by atoms with Crippen LogP contribution in [0.1, 0.15) is 26.2 Å². The van der Waals surface area contributed by atoms with Gasteiger partial charge in [0.1, 0.15) is 0 Å². The third-order valence-electron chi connectivity index (χ3n) is 2.11. The first-order valence-electron chi connectivity index (χ1n) is 5.73. The van der Waals surface area contributed by atoms with E-state index in [1.807, 2.05) is 0 Å².